The van der Waals surface area contributed by atoms with Crippen molar-refractivity contribution in [3.63, 3.8) is 0 Å². The molecule has 0 saturated carbocycles. The van der Waals surface area contributed by atoms with Gasteiger partial charge in [-0.2, -0.15) is 14.0 Å². The smallest absolute Gasteiger partial charge is 0.387 e. The quantitative estimate of drug-likeness (QED) is 0.720. The second kappa shape index (κ2) is 10.1. The molecule has 0 radical (unpaired) electrons. The van der Waals surface area contributed by atoms with Crippen LogP contribution < -0.4 is 14.8 Å². The number of nitrogens with one attached hydrogen (secondary N) is 1. The van der Waals surface area contributed by atoms with Gasteiger partial charge in [0.15, 0.2) is 6.61 Å². The molecule has 0 saturated heterocycles. The number of rotatable bonds is 9. The van der Waals surface area contributed by atoms with Gasteiger partial charge in [0, 0.05) is 5.56 Å². The van der Waals surface area contributed by atoms with E-state index >= 15 is 0 Å². The maximum Gasteiger partial charge on any atom is 0.387 e. The summed E-state index contributed by atoms with van der Waals surface area (Å²) < 4.78 is 35.1. The van der Waals surface area contributed by atoms with Crippen molar-refractivity contribution in [2.45, 2.75) is 32.4 Å². The zero-order valence-electron chi connectivity index (χ0n) is 14.8. The van der Waals surface area contributed by atoms with E-state index in [1.807, 2.05) is 6.92 Å². The lowest BCUT2D eigenvalue weighted by Gasteiger charge is -2.20. The summed E-state index contributed by atoms with van der Waals surface area (Å²) in [5.41, 5.74) is 1.34. The summed E-state index contributed by atoms with van der Waals surface area (Å²) in [4.78, 5) is 12.2. The largest absolute Gasteiger partial charge is 0.484 e. The second-order valence-corrected chi connectivity index (χ2v) is 5.71. The molecule has 0 aromatic heterocycles. The van der Waals surface area contributed by atoms with Gasteiger partial charge in [0.25, 0.3) is 5.91 Å². The molecule has 0 fully saturated rings. The zero-order chi connectivity index (χ0) is 19.6. The van der Waals surface area contributed by atoms with Crippen LogP contribution in [0.5, 0.6) is 11.5 Å². The van der Waals surface area contributed by atoms with Crippen molar-refractivity contribution < 1.29 is 23.0 Å². The average molecular weight is 374 g/mol. The minimum absolute atomic E-state index is 0.0358. The van der Waals surface area contributed by atoms with Crippen molar-refractivity contribution in [1.82, 2.24) is 5.32 Å². The molecule has 142 valence electrons. The SMILES string of the molecule is CCC(NC(=O)COc1ccc(CC#N)cc1)c1ccccc1OC(F)F. The molecular formula is C20H20F2N2O3. The van der Waals surface area contributed by atoms with Crippen molar-refractivity contribution >= 4 is 5.91 Å². The number of nitriles is 1. The Balaban J connectivity index is 1.96. The minimum atomic E-state index is -2.94. The summed E-state index contributed by atoms with van der Waals surface area (Å²) in [6.07, 6.45) is 0.803. The first-order valence-corrected chi connectivity index (χ1v) is 8.45. The van der Waals surface area contributed by atoms with Crippen molar-refractivity contribution in [2.24, 2.45) is 0 Å². The van der Waals surface area contributed by atoms with Gasteiger partial charge >= 0.3 is 6.61 Å². The molecule has 0 aliphatic heterocycles. The van der Waals surface area contributed by atoms with E-state index in [9.17, 15) is 13.6 Å². The Morgan fingerprint density at radius 3 is 2.52 bits per heavy atom. The Hall–Kier alpha value is -3.14. The average Bonchev–Trinajstić information content (AvgIpc) is 2.66. The highest BCUT2D eigenvalue weighted by atomic mass is 19.3. The number of amides is 1. The maximum absolute atomic E-state index is 12.6. The summed E-state index contributed by atoms with van der Waals surface area (Å²) in [7, 11) is 0. The molecule has 5 nitrogen and oxygen atoms in total. The highest BCUT2D eigenvalue weighted by Gasteiger charge is 2.19. The van der Waals surface area contributed by atoms with Crippen LogP contribution in [0.25, 0.3) is 0 Å². The van der Waals surface area contributed by atoms with E-state index in [1.165, 1.54) is 6.07 Å². The molecule has 1 N–H and O–H groups in total. The number of carbonyl (C=O) groups excluding carboxylic acids is 1. The fourth-order valence-corrected chi connectivity index (χ4v) is 2.55. The van der Waals surface area contributed by atoms with Crippen LogP contribution in [0.4, 0.5) is 8.78 Å². The molecule has 0 spiro atoms. The standard InChI is InChI=1S/C20H20F2N2O3/c1-2-17(16-5-3-4-6-18(16)27-20(21)22)24-19(25)13-26-15-9-7-14(8-10-15)11-12-23/h3-10,17,20H,2,11,13H2,1H3,(H,24,25). The number of para-hydroxylation sites is 1. The van der Waals surface area contributed by atoms with Crippen LogP contribution in [0.2, 0.25) is 0 Å². The van der Waals surface area contributed by atoms with E-state index in [-0.39, 0.29) is 18.3 Å². The van der Waals surface area contributed by atoms with Crippen molar-refractivity contribution in [1.29, 1.82) is 5.26 Å². The Morgan fingerprint density at radius 1 is 1.19 bits per heavy atom. The third-order valence-electron chi connectivity index (χ3n) is 3.83. The molecular weight excluding hydrogens is 354 g/mol. The van der Waals surface area contributed by atoms with Gasteiger partial charge < -0.3 is 14.8 Å². The minimum Gasteiger partial charge on any atom is -0.484 e. The van der Waals surface area contributed by atoms with Crippen molar-refractivity contribution in [3.05, 3.63) is 59.7 Å². The number of carbonyl (C=O) groups is 1. The number of nitrogens with zero attached hydrogens (tertiary/aromatic N) is 1. The van der Waals surface area contributed by atoms with Crippen LogP contribution >= 0.6 is 0 Å². The van der Waals surface area contributed by atoms with Crippen molar-refractivity contribution in [3.8, 4) is 17.6 Å². The fraction of sp³-hybridized carbons (Fsp3) is 0.300. The predicted octanol–water partition coefficient (Wildman–Crippen LogP) is 4.00. The molecule has 0 bridgehead atoms. The van der Waals surface area contributed by atoms with Gasteiger partial charge in [-0.1, -0.05) is 37.3 Å². The lowest BCUT2D eigenvalue weighted by atomic mass is 10.0. The Bertz CT molecular complexity index is 789. The summed E-state index contributed by atoms with van der Waals surface area (Å²) >= 11 is 0. The third kappa shape index (κ3) is 6.26. The number of halogens is 2. The molecule has 2 aromatic rings. The van der Waals surface area contributed by atoms with E-state index in [0.29, 0.717) is 24.2 Å². The second-order valence-electron chi connectivity index (χ2n) is 5.71. The van der Waals surface area contributed by atoms with E-state index < -0.39 is 12.7 Å². The molecule has 7 heteroatoms. The van der Waals surface area contributed by atoms with Gasteiger partial charge in [-0.3, -0.25) is 4.79 Å². The lowest BCUT2D eigenvalue weighted by molar-refractivity contribution is -0.123. The summed E-state index contributed by atoms with van der Waals surface area (Å²) in [6, 6.07) is 14.8. The Labute approximate surface area is 156 Å². The molecule has 2 rings (SSSR count). The van der Waals surface area contributed by atoms with Crippen LogP contribution in [0.1, 0.15) is 30.5 Å². The molecule has 2 aromatic carbocycles. The van der Waals surface area contributed by atoms with Gasteiger partial charge in [0.2, 0.25) is 0 Å². The number of alkyl halides is 2. The molecule has 1 amide bonds. The summed E-state index contributed by atoms with van der Waals surface area (Å²) in [5, 5.41) is 11.4. The summed E-state index contributed by atoms with van der Waals surface area (Å²) in [5.74, 6) is 0.157. The number of hydrogen-bond donors (Lipinski definition) is 1. The van der Waals surface area contributed by atoms with Gasteiger partial charge in [0.05, 0.1) is 18.5 Å². The molecule has 1 unspecified atom stereocenters. The lowest BCUT2D eigenvalue weighted by Crippen LogP contribution is -2.32. The number of benzene rings is 2. The van der Waals surface area contributed by atoms with Crippen LogP contribution in [-0.4, -0.2) is 19.1 Å². The Kier molecular flexibility index (Phi) is 7.56. The first kappa shape index (κ1) is 20.2. The maximum atomic E-state index is 12.6. The molecule has 1 atom stereocenters. The highest BCUT2D eigenvalue weighted by Crippen LogP contribution is 2.28. The normalized spacial score (nSPS) is 11.5. The van der Waals surface area contributed by atoms with E-state index in [0.717, 1.165) is 5.56 Å². The van der Waals surface area contributed by atoms with Gasteiger partial charge in [-0.05, 0) is 30.2 Å². The van der Waals surface area contributed by atoms with E-state index in [2.05, 4.69) is 16.1 Å². The van der Waals surface area contributed by atoms with Crippen LogP contribution in [0.3, 0.4) is 0 Å². The predicted molar refractivity (Wildman–Crippen MR) is 95.5 cm³/mol. The van der Waals surface area contributed by atoms with Gasteiger partial charge in [-0.15, -0.1) is 0 Å². The Morgan fingerprint density at radius 2 is 1.89 bits per heavy atom. The van der Waals surface area contributed by atoms with Crippen LogP contribution in [-0.2, 0) is 11.2 Å². The van der Waals surface area contributed by atoms with Gasteiger partial charge in [0.1, 0.15) is 11.5 Å². The molecule has 27 heavy (non-hydrogen) atoms. The van der Waals surface area contributed by atoms with Crippen LogP contribution in [0.15, 0.2) is 48.5 Å². The first-order valence-electron chi connectivity index (χ1n) is 8.45. The third-order valence-corrected chi connectivity index (χ3v) is 3.83. The fourth-order valence-electron chi connectivity index (χ4n) is 2.55. The number of hydrogen-bond acceptors (Lipinski definition) is 4. The van der Waals surface area contributed by atoms with E-state index in [4.69, 9.17) is 10.00 Å². The molecule has 0 aliphatic rings. The zero-order valence-corrected chi connectivity index (χ0v) is 14.8. The highest BCUT2D eigenvalue weighted by molar-refractivity contribution is 5.78. The van der Waals surface area contributed by atoms with E-state index in [1.54, 1.807) is 42.5 Å². The van der Waals surface area contributed by atoms with Crippen LogP contribution in [0, 0.1) is 11.3 Å². The topological polar surface area (TPSA) is 71.3 Å². The first-order chi connectivity index (χ1) is 13.0. The molecule has 0 heterocycles. The number of ether oxygens (including phenoxy) is 2. The van der Waals surface area contributed by atoms with Crippen molar-refractivity contribution in [2.75, 3.05) is 6.61 Å². The monoisotopic (exact) mass is 374 g/mol. The van der Waals surface area contributed by atoms with Gasteiger partial charge in [-0.25, -0.2) is 0 Å². The molecule has 0 aliphatic carbocycles. The summed E-state index contributed by atoms with van der Waals surface area (Å²) in [6.45, 7) is -1.32.